The van der Waals surface area contributed by atoms with Gasteiger partial charge in [0.15, 0.2) is 0 Å². The third-order valence-corrected chi connectivity index (χ3v) is 2.62. The number of nitrogens with one attached hydrogen (secondary N) is 1. The predicted octanol–water partition coefficient (Wildman–Crippen LogP) is 3.26. The van der Waals surface area contributed by atoms with Crippen LogP contribution in [0.3, 0.4) is 0 Å². The molecule has 0 fully saturated rings. The van der Waals surface area contributed by atoms with E-state index >= 15 is 0 Å². The first-order chi connectivity index (χ1) is 7.80. The normalized spacial score (nSPS) is 13.2. The van der Waals surface area contributed by atoms with E-state index in [0.29, 0.717) is 0 Å². The smallest absolute Gasteiger partial charge is 0.305 e. The molecule has 1 aromatic carbocycles. The van der Waals surface area contributed by atoms with E-state index in [1.54, 1.807) is 0 Å². The Hall–Kier alpha value is -1.51. The molecule has 0 aliphatic heterocycles. The molecule has 1 unspecified atom stereocenters. The van der Waals surface area contributed by atoms with Gasteiger partial charge in [0.2, 0.25) is 0 Å². The summed E-state index contributed by atoms with van der Waals surface area (Å²) in [7, 11) is 0. The molecule has 1 aromatic rings. The van der Waals surface area contributed by atoms with E-state index in [0.717, 1.165) is 5.69 Å². The SMILES string of the molecule is CC(CC(=O)O)Nc1ccccc1C(C)(C)C. The molecule has 1 rings (SSSR count). The number of hydrogen-bond acceptors (Lipinski definition) is 2. The van der Waals surface area contributed by atoms with Crippen LogP contribution in [0.4, 0.5) is 5.69 Å². The molecule has 3 heteroatoms. The average Bonchev–Trinajstić information content (AvgIpc) is 2.15. The lowest BCUT2D eigenvalue weighted by Crippen LogP contribution is -2.22. The summed E-state index contributed by atoms with van der Waals surface area (Å²) in [6, 6.07) is 7.98. The van der Waals surface area contributed by atoms with Crippen molar-refractivity contribution in [3.05, 3.63) is 29.8 Å². The minimum Gasteiger partial charge on any atom is -0.481 e. The van der Waals surface area contributed by atoms with Gasteiger partial charge in [-0.2, -0.15) is 0 Å². The van der Waals surface area contributed by atoms with E-state index in [4.69, 9.17) is 5.11 Å². The minimum atomic E-state index is -0.779. The standard InChI is InChI=1S/C14H21NO2/c1-10(9-13(16)17)15-12-8-6-5-7-11(12)14(2,3)4/h5-8,10,15H,9H2,1-4H3,(H,16,17). The lowest BCUT2D eigenvalue weighted by Gasteiger charge is -2.25. The van der Waals surface area contributed by atoms with Crippen molar-refractivity contribution in [2.45, 2.75) is 45.6 Å². The minimum absolute atomic E-state index is 0.0482. The Labute approximate surface area is 103 Å². The van der Waals surface area contributed by atoms with E-state index in [1.165, 1.54) is 5.56 Å². The van der Waals surface area contributed by atoms with Gasteiger partial charge >= 0.3 is 5.97 Å². The highest BCUT2D eigenvalue weighted by Crippen LogP contribution is 2.29. The fourth-order valence-corrected chi connectivity index (χ4v) is 1.84. The number of benzene rings is 1. The molecule has 0 saturated carbocycles. The largest absolute Gasteiger partial charge is 0.481 e. The van der Waals surface area contributed by atoms with Crippen LogP contribution < -0.4 is 5.32 Å². The number of rotatable bonds is 4. The number of carboxylic acids is 1. The monoisotopic (exact) mass is 235 g/mol. The number of carbonyl (C=O) groups is 1. The van der Waals surface area contributed by atoms with Crippen LogP contribution in [-0.4, -0.2) is 17.1 Å². The average molecular weight is 235 g/mol. The Kier molecular flexibility index (Phi) is 4.16. The number of aliphatic carboxylic acids is 1. The van der Waals surface area contributed by atoms with Crippen molar-refractivity contribution in [1.29, 1.82) is 0 Å². The summed E-state index contributed by atoms with van der Waals surface area (Å²) in [5.74, 6) is -0.779. The molecule has 94 valence electrons. The molecule has 0 bridgehead atoms. The topological polar surface area (TPSA) is 49.3 Å². The van der Waals surface area contributed by atoms with Crippen LogP contribution in [0, 0.1) is 0 Å². The van der Waals surface area contributed by atoms with Gasteiger partial charge in [-0.05, 0) is 24.0 Å². The van der Waals surface area contributed by atoms with Crippen LogP contribution in [0.25, 0.3) is 0 Å². The van der Waals surface area contributed by atoms with Gasteiger partial charge in [0.05, 0.1) is 6.42 Å². The van der Waals surface area contributed by atoms with E-state index in [9.17, 15) is 4.79 Å². The first-order valence-electron chi connectivity index (χ1n) is 5.88. The predicted molar refractivity (Wildman–Crippen MR) is 70.5 cm³/mol. The zero-order valence-corrected chi connectivity index (χ0v) is 10.9. The Balaban J connectivity index is 2.87. The van der Waals surface area contributed by atoms with Gasteiger partial charge in [0.1, 0.15) is 0 Å². The third-order valence-electron chi connectivity index (χ3n) is 2.62. The van der Waals surface area contributed by atoms with Crippen molar-refractivity contribution in [2.75, 3.05) is 5.32 Å². The van der Waals surface area contributed by atoms with Crippen LogP contribution in [0.1, 0.15) is 39.7 Å². The third kappa shape index (κ3) is 4.10. The van der Waals surface area contributed by atoms with Gasteiger partial charge in [0.25, 0.3) is 0 Å². The van der Waals surface area contributed by atoms with Crippen LogP contribution in [0.2, 0.25) is 0 Å². The summed E-state index contributed by atoms with van der Waals surface area (Å²) in [6.45, 7) is 8.33. The van der Waals surface area contributed by atoms with Crippen molar-refractivity contribution >= 4 is 11.7 Å². The Morgan fingerprint density at radius 3 is 2.47 bits per heavy atom. The van der Waals surface area contributed by atoms with Crippen LogP contribution >= 0.6 is 0 Å². The fourth-order valence-electron chi connectivity index (χ4n) is 1.84. The zero-order chi connectivity index (χ0) is 13.1. The summed E-state index contributed by atoms with van der Waals surface area (Å²) in [5.41, 5.74) is 2.28. The van der Waals surface area contributed by atoms with Crippen molar-refractivity contribution in [2.24, 2.45) is 0 Å². The van der Waals surface area contributed by atoms with Crippen LogP contribution in [-0.2, 0) is 10.2 Å². The van der Waals surface area contributed by atoms with Gasteiger partial charge in [-0.3, -0.25) is 4.79 Å². The molecular weight excluding hydrogens is 214 g/mol. The fraction of sp³-hybridized carbons (Fsp3) is 0.500. The molecule has 0 amide bonds. The second-order valence-corrected chi connectivity index (χ2v) is 5.44. The molecule has 0 spiro atoms. The highest BCUT2D eigenvalue weighted by molar-refractivity contribution is 5.68. The number of carboxylic acid groups (broad SMARTS) is 1. The maximum absolute atomic E-state index is 10.6. The number of hydrogen-bond donors (Lipinski definition) is 2. The highest BCUT2D eigenvalue weighted by Gasteiger charge is 2.18. The van der Waals surface area contributed by atoms with Gasteiger partial charge < -0.3 is 10.4 Å². The molecule has 0 saturated heterocycles. The molecule has 1 atom stereocenters. The maximum atomic E-state index is 10.6. The summed E-state index contributed by atoms with van der Waals surface area (Å²) in [5, 5.41) is 12.0. The van der Waals surface area contributed by atoms with Crippen LogP contribution in [0.5, 0.6) is 0 Å². The number of para-hydroxylation sites is 1. The lowest BCUT2D eigenvalue weighted by atomic mass is 9.85. The first kappa shape index (κ1) is 13.6. The highest BCUT2D eigenvalue weighted by atomic mass is 16.4. The van der Waals surface area contributed by atoms with Crippen molar-refractivity contribution in [3.8, 4) is 0 Å². The van der Waals surface area contributed by atoms with Gasteiger partial charge in [0, 0.05) is 11.7 Å². The molecule has 0 aliphatic rings. The van der Waals surface area contributed by atoms with Crippen molar-refractivity contribution in [1.82, 2.24) is 0 Å². The van der Waals surface area contributed by atoms with Crippen LogP contribution in [0.15, 0.2) is 24.3 Å². The second kappa shape index (κ2) is 5.21. The first-order valence-corrected chi connectivity index (χ1v) is 5.88. The van der Waals surface area contributed by atoms with Crippen molar-refractivity contribution < 1.29 is 9.90 Å². The van der Waals surface area contributed by atoms with Gasteiger partial charge in [-0.15, -0.1) is 0 Å². The van der Waals surface area contributed by atoms with Gasteiger partial charge in [-0.1, -0.05) is 39.0 Å². The summed E-state index contributed by atoms with van der Waals surface area (Å²) in [4.78, 5) is 10.6. The van der Waals surface area contributed by atoms with E-state index in [1.807, 2.05) is 25.1 Å². The summed E-state index contributed by atoms with van der Waals surface area (Å²) < 4.78 is 0. The Bertz CT molecular complexity index is 393. The van der Waals surface area contributed by atoms with Crippen molar-refractivity contribution in [3.63, 3.8) is 0 Å². The van der Waals surface area contributed by atoms with E-state index in [-0.39, 0.29) is 17.9 Å². The summed E-state index contributed by atoms with van der Waals surface area (Å²) >= 11 is 0. The molecular formula is C14H21NO2. The lowest BCUT2D eigenvalue weighted by molar-refractivity contribution is -0.137. The molecule has 0 radical (unpaired) electrons. The molecule has 0 aliphatic carbocycles. The summed E-state index contributed by atoms with van der Waals surface area (Å²) in [6.07, 6.45) is 0.123. The zero-order valence-electron chi connectivity index (χ0n) is 10.9. The van der Waals surface area contributed by atoms with E-state index in [2.05, 4.69) is 32.2 Å². The number of anilines is 1. The Morgan fingerprint density at radius 1 is 1.35 bits per heavy atom. The molecule has 0 heterocycles. The quantitative estimate of drug-likeness (QED) is 0.842. The second-order valence-electron chi connectivity index (χ2n) is 5.44. The molecule has 2 N–H and O–H groups in total. The molecule has 3 nitrogen and oxygen atoms in total. The Morgan fingerprint density at radius 2 is 1.94 bits per heavy atom. The maximum Gasteiger partial charge on any atom is 0.305 e. The molecule has 17 heavy (non-hydrogen) atoms. The van der Waals surface area contributed by atoms with Gasteiger partial charge in [-0.25, -0.2) is 0 Å². The molecule has 0 aromatic heterocycles. The van der Waals surface area contributed by atoms with E-state index < -0.39 is 5.97 Å².